The van der Waals surface area contributed by atoms with Gasteiger partial charge in [0.1, 0.15) is 11.3 Å². The number of fused-ring (bicyclic) bond motifs is 1. The molecule has 1 heterocycles. The molecule has 3 aromatic rings. The van der Waals surface area contributed by atoms with Crippen molar-refractivity contribution in [2.24, 2.45) is 0 Å². The monoisotopic (exact) mass is 246 g/mol. The maximum Gasteiger partial charge on any atom is 1.00 e. The summed E-state index contributed by atoms with van der Waals surface area (Å²) in [5.74, 6) is 0.606. The zero-order valence-corrected chi connectivity index (χ0v) is 12.1. The van der Waals surface area contributed by atoms with Gasteiger partial charge in [0.25, 0.3) is 0 Å². The minimum atomic E-state index is -0.00861. The van der Waals surface area contributed by atoms with Crippen LogP contribution in [0.1, 0.15) is 1.43 Å². The third-order valence-corrected chi connectivity index (χ3v) is 2.69. The van der Waals surface area contributed by atoms with Crippen molar-refractivity contribution >= 4 is 11.0 Å². The molecule has 0 spiro atoms. The Morgan fingerprint density at radius 1 is 0.889 bits per heavy atom. The number of para-hydroxylation sites is 1. The molecule has 2 nitrogen and oxygen atoms in total. The number of rotatable bonds is 1. The summed E-state index contributed by atoms with van der Waals surface area (Å²) < 4.78 is 5.73. The third-order valence-electron chi connectivity index (χ3n) is 2.69. The minimum Gasteiger partial charge on any atom is -1.00 e. The van der Waals surface area contributed by atoms with Crippen LogP contribution in [0.4, 0.5) is 0 Å². The minimum absolute atomic E-state index is 0. The molecular weight excluding hydrogens is 235 g/mol. The van der Waals surface area contributed by atoms with Crippen LogP contribution in [-0.2, 0) is 0 Å². The Morgan fingerprint density at radius 2 is 1.56 bits per heavy atom. The zero-order valence-electron chi connectivity index (χ0n) is 11.1. The molecule has 0 saturated carbocycles. The first kappa shape index (κ1) is 13.1. The number of hydrogen-bond donors (Lipinski definition) is 0. The summed E-state index contributed by atoms with van der Waals surface area (Å²) in [6, 6.07) is 18.4. The van der Waals surface area contributed by atoms with Crippen LogP contribution in [0.5, 0.6) is 0 Å². The Bertz CT molecular complexity index is 723. The molecule has 0 aliphatic carbocycles. The van der Waals surface area contributed by atoms with Crippen molar-refractivity contribution in [3.05, 3.63) is 70.9 Å². The summed E-state index contributed by atoms with van der Waals surface area (Å²) in [5, 5.41) is 0.618. The van der Waals surface area contributed by atoms with E-state index in [0.717, 1.165) is 5.56 Å². The van der Waals surface area contributed by atoms with E-state index >= 15 is 0 Å². The van der Waals surface area contributed by atoms with Gasteiger partial charge in [-0.05, 0) is 12.1 Å². The normalized spacial score (nSPS) is 10.0. The topological polar surface area (TPSA) is 30.2 Å². The molecule has 2 aromatic carbocycles. The molecule has 3 heteroatoms. The Labute approximate surface area is 128 Å². The van der Waals surface area contributed by atoms with E-state index < -0.39 is 0 Å². The van der Waals surface area contributed by atoms with E-state index in [1.807, 2.05) is 48.5 Å². The van der Waals surface area contributed by atoms with Crippen molar-refractivity contribution < 1.29 is 35.4 Å². The van der Waals surface area contributed by atoms with E-state index in [4.69, 9.17) is 4.42 Å². The second kappa shape index (κ2) is 5.53. The molecule has 0 fully saturated rings. The van der Waals surface area contributed by atoms with E-state index in [9.17, 15) is 4.79 Å². The SMILES string of the molecule is O=c1cc(-c2ccccc2)oc2ccccc12.[H-].[Na+]. The average molecular weight is 246 g/mol. The fourth-order valence-corrected chi connectivity index (χ4v) is 1.85. The van der Waals surface area contributed by atoms with E-state index in [1.54, 1.807) is 6.07 Å². The fourth-order valence-electron chi connectivity index (χ4n) is 1.85. The molecule has 0 aliphatic heterocycles. The summed E-state index contributed by atoms with van der Waals surface area (Å²) in [6.45, 7) is 0. The van der Waals surface area contributed by atoms with Gasteiger partial charge in [-0.3, -0.25) is 4.79 Å². The molecular formula is C15H11NaO2. The van der Waals surface area contributed by atoms with Crippen molar-refractivity contribution in [2.45, 2.75) is 0 Å². The predicted molar refractivity (Wildman–Crippen MR) is 69.0 cm³/mol. The van der Waals surface area contributed by atoms with E-state index in [-0.39, 0.29) is 36.4 Å². The number of benzene rings is 2. The van der Waals surface area contributed by atoms with Crippen molar-refractivity contribution in [1.29, 1.82) is 0 Å². The van der Waals surface area contributed by atoms with Crippen molar-refractivity contribution in [3.8, 4) is 11.3 Å². The molecule has 18 heavy (non-hydrogen) atoms. The van der Waals surface area contributed by atoms with Crippen molar-refractivity contribution in [1.82, 2.24) is 0 Å². The molecule has 0 aliphatic rings. The molecule has 3 rings (SSSR count). The van der Waals surface area contributed by atoms with Gasteiger partial charge in [-0.25, -0.2) is 0 Å². The summed E-state index contributed by atoms with van der Waals surface area (Å²) in [4.78, 5) is 11.9. The van der Waals surface area contributed by atoms with Crippen LogP contribution in [0, 0.1) is 0 Å². The molecule has 0 unspecified atom stereocenters. The summed E-state index contributed by atoms with van der Waals surface area (Å²) >= 11 is 0. The Balaban J connectivity index is 0.000000902. The van der Waals surface area contributed by atoms with E-state index in [2.05, 4.69) is 0 Å². The largest absolute Gasteiger partial charge is 1.00 e. The maximum absolute atomic E-state index is 11.9. The summed E-state index contributed by atoms with van der Waals surface area (Å²) in [6.07, 6.45) is 0. The smallest absolute Gasteiger partial charge is 1.00 e. The maximum atomic E-state index is 11.9. The molecule has 0 bridgehead atoms. The van der Waals surface area contributed by atoms with Gasteiger partial charge in [0, 0.05) is 11.6 Å². The van der Waals surface area contributed by atoms with Crippen LogP contribution in [0.3, 0.4) is 0 Å². The zero-order chi connectivity index (χ0) is 11.7. The first-order valence-electron chi connectivity index (χ1n) is 5.43. The molecule has 0 radical (unpaired) electrons. The Morgan fingerprint density at radius 3 is 2.33 bits per heavy atom. The standard InChI is InChI=1S/C15H10O2.Na.H/c16-13-10-15(11-6-2-1-3-7-11)17-14-9-5-4-8-12(13)14;;/h1-10H;;/q;+1;-1. The van der Waals surface area contributed by atoms with Gasteiger partial charge in [0.15, 0.2) is 5.43 Å². The fraction of sp³-hybridized carbons (Fsp3) is 0. The van der Waals surface area contributed by atoms with Crippen LogP contribution in [0.25, 0.3) is 22.3 Å². The van der Waals surface area contributed by atoms with Crippen LogP contribution in [0.15, 0.2) is 69.9 Å². The predicted octanol–water partition coefficient (Wildman–Crippen LogP) is 0.576. The van der Waals surface area contributed by atoms with E-state index in [1.165, 1.54) is 6.07 Å². The molecule has 0 atom stereocenters. The quantitative estimate of drug-likeness (QED) is 0.588. The Hall–Kier alpha value is -1.35. The average Bonchev–Trinajstić information content (AvgIpc) is 2.40. The van der Waals surface area contributed by atoms with Gasteiger partial charge in [-0.2, -0.15) is 0 Å². The second-order valence-corrected chi connectivity index (χ2v) is 3.84. The number of hydrogen-bond acceptors (Lipinski definition) is 2. The van der Waals surface area contributed by atoms with Crippen LogP contribution >= 0.6 is 0 Å². The summed E-state index contributed by atoms with van der Waals surface area (Å²) in [5.41, 5.74) is 1.53. The Kier molecular flexibility index (Phi) is 4.02. The van der Waals surface area contributed by atoms with Crippen molar-refractivity contribution in [3.63, 3.8) is 0 Å². The third kappa shape index (κ3) is 2.41. The molecule has 0 N–H and O–H groups in total. The first-order valence-corrected chi connectivity index (χ1v) is 5.43. The first-order chi connectivity index (χ1) is 8.34. The molecule has 84 valence electrons. The van der Waals surface area contributed by atoms with Gasteiger partial charge in [-0.1, -0.05) is 42.5 Å². The van der Waals surface area contributed by atoms with Gasteiger partial charge >= 0.3 is 29.6 Å². The summed E-state index contributed by atoms with van der Waals surface area (Å²) in [7, 11) is 0. The van der Waals surface area contributed by atoms with E-state index in [0.29, 0.717) is 16.7 Å². The van der Waals surface area contributed by atoms with Gasteiger partial charge < -0.3 is 5.84 Å². The van der Waals surface area contributed by atoms with Gasteiger partial charge in [-0.15, -0.1) is 0 Å². The molecule has 0 amide bonds. The molecule has 1 aromatic heterocycles. The molecule has 0 saturated heterocycles. The second-order valence-electron chi connectivity index (χ2n) is 3.84. The van der Waals surface area contributed by atoms with Gasteiger partial charge in [0.2, 0.25) is 0 Å². The van der Waals surface area contributed by atoms with Crippen LogP contribution in [-0.4, -0.2) is 0 Å². The van der Waals surface area contributed by atoms with Gasteiger partial charge in [0.05, 0.1) is 5.39 Å². The van der Waals surface area contributed by atoms with Crippen LogP contribution < -0.4 is 35.0 Å². The van der Waals surface area contributed by atoms with Crippen molar-refractivity contribution in [2.75, 3.05) is 0 Å². The van der Waals surface area contributed by atoms with Crippen LogP contribution in [0.2, 0.25) is 0 Å².